The van der Waals surface area contributed by atoms with Gasteiger partial charge in [0, 0.05) is 26.2 Å². The van der Waals surface area contributed by atoms with E-state index < -0.39 is 24.2 Å². The van der Waals surface area contributed by atoms with Gasteiger partial charge >= 0.3 is 6.18 Å². The molecule has 0 saturated carbocycles. The Balaban J connectivity index is 1.39. The molecular weight excluding hydrogens is 507 g/mol. The average Bonchev–Trinajstić information content (AvgIpc) is 3.19. The normalized spacial score (nSPS) is 14.8. The molecule has 1 fully saturated rings. The summed E-state index contributed by atoms with van der Waals surface area (Å²) in [5, 5.41) is 5.81. The number of amides is 1. The number of pyridine rings is 1. The van der Waals surface area contributed by atoms with E-state index in [1.54, 1.807) is 24.0 Å². The third kappa shape index (κ3) is 6.20. The van der Waals surface area contributed by atoms with Crippen LogP contribution in [0.25, 0.3) is 0 Å². The lowest BCUT2D eigenvalue weighted by Gasteiger charge is -2.35. The first-order valence-corrected chi connectivity index (χ1v) is 11.5. The summed E-state index contributed by atoms with van der Waals surface area (Å²) < 4.78 is 67.3. The lowest BCUT2D eigenvalue weighted by Crippen LogP contribution is -2.48. The van der Waals surface area contributed by atoms with E-state index in [1.165, 1.54) is 6.20 Å². The van der Waals surface area contributed by atoms with Gasteiger partial charge in [0.2, 0.25) is 0 Å². The molecule has 15 heteroatoms. The number of hydrogen-bond acceptors (Lipinski definition) is 9. The number of aromatic nitrogens is 4. The van der Waals surface area contributed by atoms with Crippen LogP contribution in [0.1, 0.15) is 21.7 Å². The number of halogens is 5. The van der Waals surface area contributed by atoms with Crippen molar-refractivity contribution in [2.45, 2.75) is 19.5 Å². The monoisotopic (exact) mass is 528 g/mol. The van der Waals surface area contributed by atoms with Gasteiger partial charge in [0.1, 0.15) is 16.6 Å². The van der Waals surface area contributed by atoms with Crippen molar-refractivity contribution in [3.63, 3.8) is 0 Å². The predicted octanol–water partition coefficient (Wildman–Crippen LogP) is 4.04. The van der Waals surface area contributed by atoms with Gasteiger partial charge in [-0.05, 0) is 30.6 Å². The highest BCUT2D eigenvalue weighted by Crippen LogP contribution is 2.30. The van der Waals surface area contributed by atoms with E-state index in [4.69, 9.17) is 0 Å². The Morgan fingerprint density at radius 1 is 1.08 bits per heavy atom. The van der Waals surface area contributed by atoms with Crippen LogP contribution in [0, 0.1) is 6.92 Å². The minimum Gasteiger partial charge on any atom is -0.354 e. The van der Waals surface area contributed by atoms with Crippen LogP contribution in [0.15, 0.2) is 30.7 Å². The number of nitrogens with one attached hydrogen (secondary N) is 2. The van der Waals surface area contributed by atoms with Crippen molar-refractivity contribution in [2.75, 3.05) is 48.3 Å². The minimum absolute atomic E-state index is 0.0281. The Kier molecular flexibility index (Phi) is 7.59. The summed E-state index contributed by atoms with van der Waals surface area (Å²) in [7, 11) is 0. The Labute approximate surface area is 206 Å². The molecular formula is C21H21F5N8OS. The topological polar surface area (TPSA) is 99.2 Å². The maximum atomic E-state index is 12.9. The zero-order valence-electron chi connectivity index (χ0n) is 18.9. The first-order valence-electron chi connectivity index (χ1n) is 10.8. The van der Waals surface area contributed by atoms with E-state index in [1.807, 2.05) is 4.90 Å². The third-order valence-corrected chi connectivity index (χ3v) is 6.23. The van der Waals surface area contributed by atoms with Crippen molar-refractivity contribution in [1.29, 1.82) is 0 Å². The van der Waals surface area contributed by atoms with Crippen LogP contribution in [0.3, 0.4) is 0 Å². The van der Waals surface area contributed by atoms with E-state index in [9.17, 15) is 26.7 Å². The molecule has 2 N–H and O–H groups in total. The van der Waals surface area contributed by atoms with Crippen LogP contribution < -0.4 is 15.5 Å². The van der Waals surface area contributed by atoms with E-state index >= 15 is 0 Å². The van der Waals surface area contributed by atoms with E-state index in [0.717, 1.165) is 17.7 Å². The summed E-state index contributed by atoms with van der Waals surface area (Å²) in [5.74, 6) is 0.209. The highest BCUT2D eigenvalue weighted by molar-refractivity contribution is 7.10. The summed E-state index contributed by atoms with van der Waals surface area (Å²) in [6.45, 7) is 3.53. The highest BCUT2D eigenvalue weighted by Gasteiger charge is 2.33. The first-order chi connectivity index (χ1) is 17.1. The van der Waals surface area contributed by atoms with E-state index in [2.05, 4.69) is 30.0 Å². The van der Waals surface area contributed by atoms with Gasteiger partial charge in [0.25, 0.3) is 12.3 Å². The zero-order valence-corrected chi connectivity index (χ0v) is 19.7. The average molecular weight is 529 g/mol. The maximum absolute atomic E-state index is 12.9. The van der Waals surface area contributed by atoms with Gasteiger partial charge in [-0.3, -0.25) is 9.69 Å². The molecule has 0 bridgehead atoms. The van der Waals surface area contributed by atoms with Crippen molar-refractivity contribution in [1.82, 2.24) is 24.2 Å². The first kappa shape index (κ1) is 25.6. The molecule has 0 aliphatic carbocycles. The van der Waals surface area contributed by atoms with Crippen molar-refractivity contribution in [2.24, 2.45) is 0 Å². The molecule has 1 aliphatic rings. The van der Waals surface area contributed by atoms with Gasteiger partial charge in [-0.1, -0.05) is 0 Å². The molecule has 1 amide bonds. The van der Waals surface area contributed by atoms with Gasteiger partial charge < -0.3 is 15.5 Å². The molecule has 3 aromatic heterocycles. The second-order valence-corrected chi connectivity index (χ2v) is 8.69. The standard InChI is InChI=1S/C21H21F5N8OS/c1-12-18(20(36-32-12)31-16-10-27-14(9-28-16)21(24,25)26)19(35)30-13-2-3-17(29-8-13)34-6-4-33(5-7-34)11-15(22)23/h2-3,8-10,15H,4-7,11H2,1H3,(H,28,31)(H,30,35). The van der Waals surface area contributed by atoms with Crippen LogP contribution in [-0.4, -0.2) is 69.3 Å². The molecule has 0 aromatic carbocycles. The Morgan fingerprint density at radius 2 is 1.83 bits per heavy atom. The number of alkyl halides is 5. The maximum Gasteiger partial charge on any atom is 0.434 e. The summed E-state index contributed by atoms with van der Waals surface area (Å²) in [4.78, 5) is 28.0. The Bertz CT molecular complexity index is 1180. The number of hydrogen-bond donors (Lipinski definition) is 2. The summed E-state index contributed by atoms with van der Waals surface area (Å²) in [6, 6.07) is 3.41. The van der Waals surface area contributed by atoms with Gasteiger partial charge in [-0.25, -0.2) is 23.7 Å². The summed E-state index contributed by atoms with van der Waals surface area (Å²) >= 11 is 0.959. The van der Waals surface area contributed by atoms with Crippen LogP contribution in [-0.2, 0) is 6.18 Å². The van der Waals surface area contributed by atoms with Crippen molar-refractivity contribution in [3.8, 4) is 0 Å². The van der Waals surface area contributed by atoms with Crippen LogP contribution in [0.2, 0.25) is 0 Å². The number of nitrogens with zero attached hydrogens (tertiary/aromatic N) is 6. The summed E-state index contributed by atoms with van der Waals surface area (Å²) in [5.41, 5.74) is -0.0736. The number of anilines is 4. The van der Waals surface area contributed by atoms with Crippen molar-refractivity contribution < 1.29 is 26.7 Å². The lowest BCUT2D eigenvalue weighted by atomic mass is 10.2. The van der Waals surface area contributed by atoms with Crippen LogP contribution >= 0.6 is 11.5 Å². The summed E-state index contributed by atoms with van der Waals surface area (Å²) in [6.07, 6.45) is -3.96. The molecule has 4 rings (SSSR count). The molecule has 4 heterocycles. The fourth-order valence-corrected chi connectivity index (χ4v) is 4.37. The van der Waals surface area contributed by atoms with Crippen molar-refractivity contribution >= 4 is 39.8 Å². The van der Waals surface area contributed by atoms with Crippen molar-refractivity contribution in [3.05, 3.63) is 47.7 Å². The van der Waals surface area contributed by atoms with E-state index in [-0.39, 0.29) is 17.9 Å². The second kappa shape index (κ2) is 10.7. The second-order valence-electron chi connectivity index (χ2n) is 7.92. The van der Waals surface area contributed by atoms with Crippen LogP contribution in [0.4, 0.5) is 44.3 Å². The fraction of sp³-hybridized carbons (Fsp3) is 0.381. The Morgan fingerprint density at radius 3 is 2.42 bits per heavy atom. The third-order valence-electron chi connectivity index (χ3n) is 5.37. The Hall–Kier alpha value is -3.46. The molecule has 0 atom stereocenters. The minimum atomic E-state index is -4.61. The molecule has 9 nitrogen and oxygen atoms in total. The lowest BCUT2D eigenvalue weighted by molar-refractivity contribution is -0.141. The van der Waals surface area contributed by atoms with Gasteiger partial charge in [0.05, 0.1) is 42.1 Å². The molecule has 0 radical (unpaired) electrons. The highest BCUT2D eigenvalue weighted by atomic mass is 32.1. The van der Waals surface area contributed by atoms with Gasteiger partial charge in [-0.2, -0.15) is 17.5 Å². The number of piperazine rings is 1. The molecule has 0 unspecified atom stereocenters. The largest absolute Gasteiger partial charge is 0.434 e. The number of aryl methyl sites for hydroxylation is 1. The SMILES string of the molecule is Cc1nsc(Nc2cnc(C(F)(F)F)cn2)c1C(=O)Nc1ccc(N2CCN(CC(F)F)CC2)nc1. The number of rotatable bonds is 7. The fourth-order valence-electron chi connectivity index (χ4n) is 3.57. The predicted molar refractivity (Wildman–Crippen MR) is 124 cm³/mol. The smallest absolute Gasteiger partial charge is 0.354 e. The molecule has 0 spiro atoms. The number of carbonyl (C=O) groups is 1. The molecule has 36 heavy (non-hydrogen) atoms. The molecule has 1 aliphatic heterocycles. The number of carbonyl (C=O) groups excluding carboxylic acids is 1. The van der Waals surface area contributed by atoms with E-state index in [0.29, 0.717) is 54.6 Å². The van der Waals surface area contributed by atoms with Crippen LogP contribution in [0.5, 0.6) is 0 Å². The molecule has 3 aromatic rings. The molecule has 192 valence electrons. The zero-order chi connectivity index (χ0) is 25.9. The van der Waals surface area contributed by atoms with Gasteiger partial charge in [0.15, 0.2) is 5.69 Å². The van der Waals surface area contributed by atoms with Gasteiger partial charge in [-0.15, -0.1) is 0 Å². The quantitative estimate of drug-likeness (QED) is 0.444. The molecule has 1 saturated heterocycles.